The van der Waals surface area contributed by atoms with E-state index in [2.05, 4.69) is 80.0 Å². The molecule has 0 radical (unpaired) electrons. The predicted molar refractivity (Wildman–Crippen MR) is 148 cm³/mol. The fourth-order valence-corrected chi connectivity index (χ4v) is 17.1. The van der Waals surface area contributed by atoms with Crippen LogP contribution in [0.15, 0.2) is 27.6 Å². The molecule has 3 rings (SSSR count). The molecular formula is C24H44N2O7Si3. The number of aromatic amines is 1. The Morgan fingerprint density at radius 2 is 1.53 bits per heavy atom. The first kappa shape index (κ1) is 29.1. The summed E-state index contributed by atoms with van der Waals surface area (Å²) < 4.78 is 35.5. The van der Waals surface area contributed by atoms with Crippen LogP contribution in [0.5, 0.6) is 0 Å². The van der Waals surface area contributed by atoms with E-state index in [0.29, 0.717) is 5.76 Å². The van der Waals surface area contributed by atoms with Crippen molar-refractivity contribution in [3.63, 3.8) is 0 Å². The number of nitrogens with zero attached hydrogens (tertiary/aromatic N) is 1. The lowest BCUT2D eigenvalue weighted by molar-refractivity contribution is -0.0132. The van der Waals surface area contributed by atoms with Crippen molar-refractivity contribution >= 4 is 31.3 Å². The number of hydrogen-bond donors (Lipinski definition) is 1. The van der Waals surface area contributed by atoms with Gasteiger partial charge in [0.2, 0.25) is 14.2 Å². The van der Waals surface area contributed by atoms with Gasteiger partial charge in [-0.15, -0.1) is 0 Å². The van der Waals surface area contributed by atoms with E-state index in [0.717, 1.165) is 0 Å². The number of ether oxygens (including phenoxy) is 1. The highest BCUT2D eigenvalue weighted by molar-refractivity contribution is 6.84. The number of rotatable bonds is 7. The molecule has 204 valence electrons. The third-order valence-corrected chi connectivity index (χ3v) is 17.9. The maximum atomic E-state index is 12.8. The van der Waals surface area contributed by atoms with Crippen molar-refractivity contribution in [3.8, 4) is 0 Å². The van der Waals surface area contributed by atoms with Gasteiger partial charge in [0.25, 0.3) is 5.56 Å². The fraction of sp³-hybridized carbons (Fsp3) is 0.750. The Hall–Kier alpha value is -1.45. The van der Waals surface area contributed by atoms with E-state index in [4.69, 9.17) is 22.1 Å². The first-order valence-corrected chi connectivity index (χ1v) is 20.3. The molecule has 0 unspecified atom stereocenters. The Kier molecular flexibility index (Phi) is 8.39. The molecule has 0 saturated carbocycles. The van der Waals surface area contributed by atoms with Gasteiger partial charge in [-0.2, -0.15) is 0 Å². The lowest BCUT2D eigenvalue weighted by Gasteiger charge is -2.51. The van der Waals surface area contributed by atoms with E-state index in [1.165, 1.54) is 16.8 Å². The van der Waals surface area contributed by atoms with Crippen LogP contribution in [0.1, 0.15) is 55.4 Å². The standard InChI is InChI=1S/C24H44N2O7Si3/c1-15(2)35(16(3)4)29-14-19-21(32-36(33-35,17(5)6)18(7)8)22(31-34(9,10)11)23(30-19)26-13-12-20(27)25-24(26)28/h12-13,15-19,21H,14H2,1-11H3,(H,25,27,28)/t19-,21-/m1/s1. The van der Waals surface area contributed by atoms with Crippen molar-refractivity contribution in [2.75, 3.05) is 6.61 Å². The fourth-order valence-electron chi connectivity index (χ4n) is 5.11. The Labute approximate surface area is 217 Å². The SMILES string of the molecule is CC(C)[Si]1(C(C)C)OC[C@H]2OC(n3ccc(=O)[nH]c3=O)=C(O[Si](C)(C)C)[C@@H]2O[Si](C(C)C)(C(C)C)O1. The van der Waals surface area contributed by atoms with Gasteiger partial charge >= 0.3 is 22.8 Å². The minimum Gasteiger partial charge on any atom is -0.542 e. The second kappa shape index (κ2) is 10.4. The van der Waals surface area contributed by atoms with Crippen LogP contribution in [0.25, 0.3) is 5.88 Å². The molecule has 1 fully saturated rings. The molecule has 0 bridgehead atoms. The largest absolute Gasteiger partial charge is 0.542 e. The van der Waals surface area contributed by atoms with Crippen LogP contribution >= 0.6 is 0 Å². The summed E-state index contributed by atoms with van der Waals surface area (Å²) in [6.45, 7) is 23.8. The molecule has 2 aliphatic heterocycles. The molecule has 36 heavy (non-hydrogen) atoms. The third-order valence-electron chi connectivity index (χ3n) is 6.85. The van der Waals surface area contributed by atoms with E-state index >= 15 is 0 Å². The van der Waals surface area contributed by atoms with Crippen molar-refractivity contribution in [2.45, 2.75) is 109 Å². The average Bonchev–Trinajstić information content (AvgIpc) is 3.01. The lowest BCUT2D eigenvalue weighted by Crippen LogP contribution is -2.65. The van der Waals surface area contributed by atoms with Crippen LogP contribution in [0.2, 0.25) is 41.8 Å². The van der Waals surface area contributed by atoms with Gasteiger partial charge in [-0.25, -0.2) is 9.36 Å². The smallest absolute Gasteiger partial charge is 0.335 e. The lowest BCUT2D eigenvalue weighted by atomic mass is 10.2. The molecule has 0 spiro atoms. The number of fused-ring (bicyclic) bond motifs is 1. The normalized spacial score (nSPS) is 24.2. The van der Waals surface area contributed by atoms with Crippen molar-refractivity contribution in [1.29, 1.82) is 0 Å². The van der Waals surface area contributed by atoms with Gasteiger partial charge in [-0.05, 0) is 41.8 Å². The van der Waals surface area contributed by atoms with E-state index in [1.807, 2.05) is 0 Å². The van der Waals surface area contributed by atoms with Gasteiger partial charge in [0, 0.05) is 12.3 Å². The zero-order valence-corrected chi connectivity index (χ0v) is 26.6. The number of aromatic nitrogens is 2. The predicted octanol–water partition coefficient (Wildman–Crippen LogP) is 4.87. The molecule has 1 aromatic heterocycles. The second-order valence-corrected chi connectivity index (χ2v) is 25.3. The molecule has 2 atom stereocenters. The number of nitrogens with one attached hydrogen (secondary N) is 1. The van der Waals surface area contributed by atoms with Gasteiger partial charge in [0.05, 0.1) is 6.61 Å². The monoisotopic (exact) mass is 556 g/mol. The Morgan fingerprint density at radius 1 is 0.972 bits per heavy atom. The van der Waals surface area contributed by atoms with E-state index in [9.17, 15) is 9.59 Å². The summed E-state index contributed by atoms with van der Waals surface area (Å²) in [5.74, 6) is 0.720. The first-order chi connectivity index (χ1) is 16.5. The Morgan fingerprint density at radius 3 is 2.00 bits per heavy atom. The van der Waals surface area contributed by atoms with Crippen LogP contribution in [-0.4, -0.2) is 53.8 Å². The Balaban J connectivity index is 2.24. The molecule has 0 amide bonds. The number of H-pyrrole nitrogens is 1. The zero-order valence-electron chi connectivity index (χ0n) is 23.6. The highest BCUT2D eigenvalue weighted by atomic mass is 28.5. The van der Waals surface area contributed by atoms with Crippen LogP contribution in [-0.2, 0) is 22.1 Å². The maximum absolute atomic E-state index is 12.8. The third kappa shape index (κ3) is 5.39. The van der Waals surface area contributed by atoms with Gasteiger partial charge in [0.15, 0.2) is 11.9 Å². The first-order valence-electron chi connectivity index (χ1n) is 13.0. The summed E-state index contributed by atoms with van der Waals surface area (Å²) in [4.78, 5) is 26.8. The van der Waals surface area contributed by atoms with Gasteiger partial charge in [0.1, 0.15) is 6.10 Å². The minimum atomic E-state index is -2.92. The van der Waals surface area contributed by atoms with E-state index < -0.39 is 48.9 Å². The van der Waals surface area contributed by atoms with Crippen molar-refractivity contribution < 1.29 is 22.1 Å². The van der Waals surface area contributed by atoms with Crippen LogP contribution in [0.3, 0.4) is 0 Å². The van der Waals surface area contributed by atoms with Gasteiger partial charge < -0.3 is 22.1 Å². The van der Waals surface area contributed by atoms with Crippen LogP contribution < -0.4 is 11.2 Å². The molecule has 2 aliphatic rings. The van der Waals surface area contributed by atoms with Crippen LogP contribution in [0.4, 0.5) is 0 Å². The molecule has 0 aliphatic carbocycles. The number of hydrogen-bond acceptors (Lipinski definition) is 7. The highest BCUT2D eigenvalue weighted by Crippen LogP contribution is 2.48. The summed E-state index contributed by atoms with van der Waals surface area (Å²) in [5, 5.41) is 0. The van der Waals surface area contributed by atoms with Gasteiger partial charge in [-0.3, -0.25) is 9.78 Å². The summed E-state index contributed by atoms with van der Waals surface area (Å²) >= 11 is 0. The molecule has 1 saturated heterocycles. The molecule has 1 aromatic rings. The summed E-state index contributed by atoms with van der Waals surface area (Å²) in [6.07, 6.45) is 0.313. The zero-order chi connectivity index (χ0) is 27.2. The van der Waals surface area contributed by atoms with Crippen LogP contribution in [0, 0.1) is 0 Å². The quantitative estimate of drug-likeness (QED) is 0.478. The van der Waals surface area contributed by atoms with Crippen molar-refractivity contribution in [2.24, 2.45) is 0 Å². The molecular weight excluding hydrogens is 513 g/mol. The maximum Gasteiger partial charge on any atom is 0.335 e. The summed E-state index contributed by atoms with van der Waals surface area (Å²) in [7, 11) is -7.82. The summed E-state index contributed by atoms with van der Waals surface area (Å²) in [5.41, 5.74) is -0.387. The van der Waals surface area contributed by atoms with E-state index in [-0.39, 0.29) is 34.7 Å². The average molecular weight is 557 g/mol. The molecule has 0 aromatic carbocycles. The van der Waals surface area contributed by atoms with E-state index in [1.54, 1.807) is 0 Å². The molecule has 1 N–H and O–H groups in total. The minimum absolute atomic E-state index is 0.136. The topological polar surface area (TPSA) is 101 Å². The Bertz CT molecular complexity index is 1070. The van der Waals surface area contributed by atoms with Crippen molar-refractivity contribution in [1.82, 2.24) is 9.55 Å². The second-order valence-electron chi connectivity index (χ2n) is 12.0. The van der Waals surface area contributed by atoms with Crippen molar-refractivity contribution in [3.05, 3.63) is 38.9 Å². The molecule has 12 heteroatoms. The molecule has 3 heterocycles. The van der Waals surface area contributed by atoms with Gasteiger partial charge in [-0.1, -0.05) is 55.4 Å². The highest BCUT2D eigenvalue weighted by Gasteiger charge is 2.61. The molecule has 9 nitrogen and oxygen atoms in total. The summed E-state index contributed by atoms with van der Waals surface area (Å²) in [6, 6.07) is 1.29.